The number of carbonyl (C=O) groups excluding carboxylic acids is 1. The molecule has 0 spiro atoms. The molecule has 2 aliphatic heterocycles. The fourth-order valence-corrected chi connectivity index (χ4v) is 5.19. The van der Waals surface area contributed by atoms with Crippen molar-refractivity contribution in [1.29, 1.82) is 0 Å². The van der Waals surface area contributed by atoms with Crippen LogP contribution in [0.3, 0.4) is 0 Å². The summed E-state index contributed by atoms with van der Waals surface area (Å²) in [7, 11) is 2.03. The van der Waals surface area contributed by atoms with Crippen LogP contribution in [0.1, 0.15) is 43.3 Å². The maximum Gasteiger partial charge on any atom is 0.240 e. The Kier molecular flexibility index (Phi) is 5.78. The van der Waals surface area contributed by atoms with E-state index >= 15 is 0 Å². The van der Waals surface area contributed by atoms with Gasteiger partial charge in [-0.2, -0.15) is 0 Å². The molecule has 1 fully saturated rings. The zero-order valence-electron chi connectivity index (χ0n) is 19.3. The molecule has 2 aliphatic rings. The third-order valence-corrected chi connectivity index (χ3v) is 6.78. The van der Waals surface area contributed by atoms with Crippen molar-refractivity contribution < 1.29 is 9.53 Å². The minimum Gasteiger partial charge on any atom is -0.378 e. The fraction of sp³-hybridized carbons (Fsp3) is 0.520. The van der Waals surface area contributed by atoms with Gasteiger partial charge in [0.25, 0.3) is 0 Å². The highest BCUT2D eigenvalue weighted by molar-refractivity contribution is 5.90. The van der Waals surface area contributed by atoms with Crippen LogP contribution >= 0.6 is 0 Å². The second-order valence-electron chi connectivity index (χ2n) is 9.52. The van der Waals surface area contributed by atoms with E-state index in [1.165, 1.54) is 22.0 Å². The Bertz CT molecular complexity index is 1110. The fourth-order valence-electron chi connectivity index (χ4n) is 5.19. The van der Waals surface area contributed by atoms with Crippen molar-refractivity contribution in [2.24, 2.45) is 13.0 Å². The monoisotopic (exact) mass is 435 g/mol. The third kappa shape index (κ3) is 3.95. The average Bonchev–Trinajstić information content (AvgIpc) is 3.31. The number of carbonyl (C=O) groups is 1. The first-order valence-electron chi connectivity index (χ1n) is 11.7. The molecular weight excluding hydrogens is 402 g/mol. The molecule has 2 unspecified atom stereocenters. The zero-order valence-corrected chi connectivity index (χ0v) is 19.3. The first kappa shape index (κ1) is 21.2. The number of benzene rings is 1. The van der Waals surface area contributed by atoms with Crippen molar-refractivity contribution in [3.8, 4) is 0 Å². The maximum absolute atomic E-state index is 13.5. The standard InChI is InChI=1S/C25H33N5O2/c1-17(2)13-20-19-5-4-6-22-24(19)18(15-30(22)16-23-26-7-8-28(23)3)14-21(27-20)25(31)29-9-11-32-12-10-29/h4-8,15,17,20-21,27H,9-14,16H2,1-3H3. The molecule has 1 N–H and O–H groups in total. The number of morpholine rings is 1. The molecule has 5 rings (SSSR count). The van der Waals surface area contributed by atoms with Crippen LogP contribution in [-0.2, 0) is 29.5 Å². The van der Waals surface area contributed by atoms with Gasteiger partial charge in [-0.3, -0.25) is 10.1 Å². The molecule has 7 nitrogen and oxygen atoms in total. The highest BCUT2D eigenvalue weighted by Gasteiger charge is 2.33. The van der Waals surface area contributed by atoms with Crippen LogP contribution in [0.5, 0.6) is 0 Å². The summed E-state index contributed by atoms with van der Waals surface area (Å²) >= 11 is 0. The Labute approximate surface area is 189 Å². The molecule has 32 heavy (non-hydrogen) atoms. The molecule has 0 saturated carbocycles. The molecule has 3 aromatic rings. The van der Waals surface area contributed by atoms with Crippen molar-refractivity contribution in [2.45, 2.75) is 45.3 Å². The van der Waals surface area contributed by atoms with Gasteiger partial charge in [0.2, 0.25) is 5.91 Å². The third-order valence-electron chi connectivity index (χ3n) is 6.78. The second-order valence-corrected chi connectivity index (χ2v) is 9.52. The number of imidazole rings is 1. The van der Waals surface area contributed by atoms with E-state index in [1.54, 1.807) is 0 Å². The Morgan fingerprint density at radius 3 is 2.81 bits per heavy atom. The summed E-state index contributed by atoms with van der Waals surface area (Å²) in [6.45, 7) is 7.81. The summed E-state index contributed by atoms with van der Waals surface area (Å²) in [5.41, 5.74) is 3.77. The van der Waals surface area contributed by atoms with Crippen LogP contribution in [0, 0.1) is 5.92 Å². The van der Waals surface area contributed by atoms with E-state index in [2.05, 4.69) is 57.7 Å². The minimum atomic E-state index is -0.225. The van der Waals surface area contributed by atoms with Gasteiger partial charge in [0.1, 0.15) is 5.82 Å². The molecule has 2 aromatic heterocycles. The summed E-state index contributed by atoms with van der Waals surface area (Å²) in [6, 6.07) is 6.51. The van der Waals surface area contributed by atoms with Gasteiger partial charge in [0.05, 0.1) is 25.8 Å². The van der Waals surface area contributed by atoms with Gasteiger partial charge in [-0.15, -0.1) is 0 Å². The van der Waals surface area contributed by atoms with Gasteiger partial charge < -0.3 is 18.8 Å². The number of aromatic nitrogens is 3. The number of hydrogen-bond donors (Lipinski definition) is 1. The normalized spacial score (nSPS) is 21.3. The van der Waals surface area contributed by atoms with Crippen LogP contribution in [0.2, 0.25) is 0 Å². The predicted octanol–water partition coefficient (Wildman–Crippen LogP) is 2.88. The molecule has 170 valence electrons. The topological polar surface area (TPSA) is 64.3 Å². The number of rotatable bonds is 5. The van der Waals surface area contributed by atoms with Gasteiger partial charge in [-0.25, -0.2) is 4.98 Å². The minimum absolute atomic E-state index is 0.152. The zero-order chi connectivity index (χ0) is 22.2. The molecule has 0 aliphatic carbocycles. The van der Waals surface area contributed by atoms with E-state index in [0.29, 0.717) is 45.2 Å². The molecule has 1 saturated heterocycles. The first-order chi connectivity index (χ1) is 15.5. The Hall–Kier alpha value is -2.64. The van der Waals surface area contributed by atoms with E-state index < -0.39 is 0 Å². The number of hydrogen-bond acceptors (Lipinski definition) is 4. The largest absolute Gasteiger partial charge is 0.378 e. The number of nitrogens with one attached hydrogen (secondary N) is 1. The first-order valence-corrected chi connectivity index (χ1v) is 11.7. The van der Waals surface area contributed by atoms with Gasteiger partial charge in [-0.05, 0) is 36.0 Å². The van der Waals surface area contributed by atoms with Crippen molar-refractivity contribution >= 4 is 16.8 Å². The lowest BCUT2D eigenvalue weighted by Gasteiger charge is -2.32. The molecular formula is C25H33N5O2. The molecule has 0 radical (unpaired) electrons. The molecule has 0 bridgehead atoms. The average molecular weight is 436 g/mol. The highest BCUT2D eigenvalue weighted by atomic mass is 16.5. The molecule has 4 heterocycles. The van der Waals surface area contributed by atoms with E-state index in [-0.39, 0.29) is 18.0 Å². The SMILES string of the molecule is CC(C)CC1NC(C(=O)N2CCOCC2)Cc2cn(Cc3nccn3C)c3cccc1c23. The van der Waals surface area contributed by atoms with Gasteiger partial charge in [0.15, 0.2) is 0 Å². The van der Waals surface area contributed by atoms with Crippen molar-refractivity contribution in [3.05, 3.63) is 53.7 Å². The van der Waals surface area contributed by atoms with Crippen molar-refractivity contribution in [2.75, 3.05) is 26.3 Å². The molecule has 1 aromatic carbocycles. The molecule has 1 amide bonds. The smallest absolute Gasteiger partial charge is 0.240 e. The van der Waals surface area contributed by atoms with Gasteiger partial charge in [0, 0.05) is 55.7 Å². The summed E-state index contributed by atoms with van der Waals surface area (Å²) in [6.07, 6.45) is 7.76. The van der Waals surface area contributed by atoms with E-state index in [9.17, 15) is 4.79 Å². The number of amides is 1. The molecule has 7 heteroatoms. The van der Waals surface area contributed by atoms with E-state index in [4.69, 9.17) is 4.74 Å². The van der Waals surface area contributed by atoms with E-state index in [0.717, 1.165) is 12.2 Å². The highest BCUT2D eigenvalue weighted by Crippen LogP contribution is 2.36. The Morgan fingerprint density at radius 2 is 2.09 bits per heavy atom. The lowest BCUT2D eigenvalue weighted by molar-refractivity contribution is -0.137. The second kappa shape index (κ2) is 8.71. The van der Waals surface area contributed by atoms with Crippen LogP contribution in [0.25, 0.3) is 10.9 Å². The molecule has 2 atom stereocenters. The summed E-state index contributed by atoms with van der Waals surface area (Å²) in [5.74, 6) is 1.74. The van der Waals surface area contributed by atoms with Crippen molar-refractivity contribution in [1.82, 2.24) is 24.3 Å². The maximum atomic E-state index is 13.5. The number of nitrogens with zero attached hydrogens (tertiary/aromatic N) is 4. The number of aryl methyl sites for hydroxylation is 1. The van der Waals surface area contributed by atoms with E-state index in [1.807, 2.05) is 24.3 Å². The van der Waals surface area contributed by atoms with Gasteiger partial charge >= 0.3 is 0 Å². The van der Waals surface area contributed by atoms with Crippen molar-refractivity contribution in [3.63, 3.8) is 0 Å². The summed E-state index contributed by atoms with van der Waals surface area (Å²) in [4.78, 5) is 20.0. The lowest BCUT2D eigenvalue weighted by atomic mass is 9.94. The lowest BCUT2D eigenvalue weighted by Crippen LogP contribution is -2.51. The van der Waals surface area contributed by atoms with Crippen LogP contribution in [0.4, 0.5) is 0 Å². The van der Waals surface area contributed by atoms with Crippen LogP contribution in [0.15, 0.2) is 36.8 Å². The Morgan fingerprint density at radius 1 is 1.28 bits per heavy atom. The Balaban J connectivity index is 1.55. The van der Waals surface area contributed by atoms with Crippen LogP contribution < -0.4 is 5.32 Å². The quantitative estimate of drug-likeness (QED) is 0.669. The van der Waals surface area contributed by atoms with Gasteiger partial charge in [-0.1, -0.05) is 26.0 Å². The number of ether oxygens (including phenoxy) is 1. The summed E-state index contributed by atoms with van der Waals surface area (Å²) in [5, 5.41) is 5.06. The van der Waals surface area contributed by atoms with Crippen LogP contribution in [-0.4, -0.2) is 57.3 Å². The predicted molar refractivity (Wildman–Crippen MR) is 124 cm³/mol. The summed E-state index contributed by atoms with van der Waals surface area (Å²) < 4.78 is 9.83.